The van der Waals surface area contributed by atoms with Gasteiger partial charge in [-0.1, -0.05) is 31.2 Å². The van der Waals surface area contributed by atoms with Gasteiger partial charge in [-0.05, 0) is 24.5 Å². The van der Waals surface area contributed by atoms with Gasteiger partial charge < -0.3 is 10.1 Å². The summed E-state index contributed by atoms with van der Waals surface area (Å²) in [6, 6.07) is 10.1. The Labute approximate surface area is 113 Å². The molecule has 1 aromatic heterocycles. The van der Waals surface area contributed by atoms with E-state index in [1.54, 1.807) is 0 Å². The number of rotatable bonds is 6. The van der Waals surface area contributed by atoms with E-state index in [0.717, 1.165) is 18.8 Å². The Morgan fingerprint density at radius 2 is 2.05 bits per heavy atom. The van der Waals surface area contributed by atoms with Gasteiger partial charge in [0.2, 0.25) is 5.88 Å². The van der Waals surface area contributed by atoms with Crippen LogP contribution >= 0.6 is 0 Å². The maximum Gasteiger partial charge on any atom is 0.218 e. The van der Waals surface area contributed by atoms with Crippen molar-refractivity contribution in [2.75, 3.05) is 11.9 Å². The van der Waals surface area contributed by atoms with Crippen LogP contribution in [0.1, 0.15) is 24.5 Å². The van der Waals surface area contributed by atoms with Crippen molar-refractivity contribution in [3.8, 4) is 5.88 Å². The van der Waals surface area contributed by atoms with E-state index in [0.29, 0.717) is 12.5 Å². The summed E-state index contributed by atoms with van der Waals surface area (Å²) in [7, 11) is 0. The number of nitrogens with one attached hydrogen (secondary N) is 1. The first-order valence-electron chi connectivity index (χ1n) is 6.53. The Morgan fingerprint density at radius 1 is 1.21 bits per heavy atom. The van der Waals surface area contributed by atoms with E-state index in [1.807, 2.05) is 18.2 Å². The predicted molar refractivity (Wildman–Crippen MR) is 76.3 cm³/mol. The first kappa shape index (κ1) is 13.3. The van der Waals surface area contributed by atoms with Crippen molar-refractivity contribution >= 4 is 5.82 Å². The molecule has 2 aromatic rings. The summed E-state index contributed by atoms with van der Waals surface area (Å²) < 4.78 is 5.48. The minimum atomic E-state index is 0.615. The summed E-state index contributed by atoms with van der Waals surface area (Å²) in [5.74, 6) is 1.40. The molecule has 0 atom stereocenters. The van der Waals surface area contributed by atoms with E-state index in [-0.39, 0.29) is 0 Å². The lowest BCUT2D eigenvalue weighted by molar-refractivity contribution is 0.305. The monoisotopic (exact) mass is 257 g/mol. The Hall–Kier alpha value is -2.10. The fourth-order valence-electron chi connectivity index (χ4n) is 1.72. The second kappa shape index (κ2) is 6.73. The van der Waals surface area contributed by atoms with Crippen molar-refractivity contribution in [1.29, 1.82) is 0 Å². The van der Waals surface area contributed by atoms with Crippen LogP contribution in [0.3, 0.4) is 0 Å². The summed E-state index contributed by atoms with van der Waals surface area (Å²) in [4.78, 5) is 8.27. The molecule has 4 heteroatoms. The third-order valence-electron chi connectivity index (χ3n) is 2.82. The van der Waals surface area contributed by atoms with Gasteiger partial charge in [0.05, 0.1) is 6.61 Å². The first-order valence-corrected chi connectivity index (χ1v) is 6.53. The Morgan fingerprint density at radius 3 is 2.84 bits per heavy atom. The Bertz CT molecular complexity index is 528. The molecular weight excluding hydrogens is 238 g/mol. The molecule has 2 rings (SSSR count). The zero-order valence-electron chi connectivity index (χ0n) is 11.4. The van der Waals surface area contributed by atoms with Crippen LogP contribution in [0.4, 0.5) is 5.82 Å². The average molecular weight is 257 g/mol. The molecule has 0 fully saturated rings. The average Bonchev–Trinajstić information content (AvgIpc) is 2.45. The van der Waals surface area contributed by atoms with Gasteiger partial charge in [0.15, 0.2) is 0 Å². The van der Waals surface area contributed by atoms with Crippen LogP contribution in [0.25, 0.3) is 0 Å². The largest absolute Gasteiger partial charge is 0.478 e. The van der Waals surface area contributed by atoms with E-state index >= 15 is 0 Å². The van der Waals surface area contributed by atoms with Gasteiger partial charge in [-0.3, -0.25) is 0 Å². The summed E-state index contributed by atoms with van der Waals surface area (Å²) in [6.45, 7) is 5.59. The van der Waals surface area contributed by atoms with Gasteiger partial charge in [0.25, 0.3) is 0 Å². The van der Waals surface area contributed by atoms with Crippen molar-refractivity contribution < 1.29 is 4.74 Å². The molecule has 0 radical (unpaired) electrons. The van der Waals surface area contributed by atoms with Crippen molar-refractivity contribution in [1.82, 2.24) is 9.97 Å². The molecule has 4 nitrogen and oxygen atoms in total. The summed E-state index contributed by atoms with van der Waals surface area (Å²) in [6.07, 6.45) is 2.49. The molecule has 0 saturated heterocycles. The summed E-state index contributed by atoms with van der Waals surface area (Å²) in [5, 5.41) is 3.29. The Balaban J connectivity index is 1.98. The minimum Gasteiger partial charge on any atom is -0.478 e. The Kier molecular flexibility index (Phi) is 4.72. The molecule has 0 aliphatic carbocycles. The number of aryl methyl sites for hydroxylation is 1. The van der Waals surface area contributed by atoms with Gasteiger partial charge in [-0.25, -0.2) is 9.97 Å². The van der Waals surface area contributed by atoms with Gasteiger partial charge in [-0.2, -0.15) is 0 Å². The van der Waals surface area contributed by atoms with Crippen LogP contribution in [0, 0.1) is 6.92 Å². The first-order chi connectivity index (χ1) is 9.29. The fourth-order valence-corrected chi connectivity index (χ4v) is 1.72. The van der Waals surface area contributed by atoms with Crippen LogP contribution in [0.5, 0.6) is 5.88 Å². The molecule has 0 unspecified atom stereocenters. The van der Waals surface area contributed by atoms with E-state index in [2.05, 4.69) is 41.3 Å². The minimum absolute atomic E-state index is 0.615. The van der Waals surface area contributed by atoms with Gasteiger partial charge in [0.1, 0.15) is 12.1 Å². The number of nitrogens with zero attached hydrogens (tertiary/aromatic N) is 2. The second-order valence-corrected chi connectivity index (χ2v) is 4.37. The van der Waals surface area contributed by atoms with Crippen LogP contribution in [0.15, 0.2) is 36.7 Å². The number of aromatic nitrogens is 2. The van der Waals surface area contributed by atoms with E-state index in [9.17, 15) is 0 Å². The van der Waals surface area contributed by atoms with Gasteiger partial charge >= 0.3 is 0 Å². The lowest BCUT2D eigenvalue weighted by atomic mass is 10.1. The molecule has 1 aromatic carbocycles. The molecule has 0 aliphatic rings. The van der Waals surface area contributed by atoms with E-state index in [1.165, 1.54) is 17.5 Å². The molecule has 0 spiro atoms. The quantitative estimate of drug-likeness (QED) is 0.863. The predicted octanol–water partition coefficient (Wildman–Crippen LogP) is 3.19. The van der Waals surface area contributed by atoms with Crippen molar-refractivity contribution in [3.05, 3.63) is 47.8 Å². The van der Waals surface area contributed by atoms with Crippen LogP contribution in [0.2, 0.25) is 0 Å². The fraction of sp³-hybridized carbons (Fsp3) is 0.333. The molecule has 0 saturated carbocycles. The van der Waals surface area contributed by atoms with Crippen LogP contribution in [-0.4, -0.2) is 16.6 Å². The van der Waals surface area contributed by atoms with E-state index < -0.39 is 0 Å². The van der Waals surface area contributed by atoms with Crippen LogP contribution < -0.4 is 10.1 Å². The highest BCUT2D eigenvalue weighted by molar-refractivity contribution is 5.39. The SMILES string of the molecule is CCCOc1cc(NCc2ccccc2C)ncn1. The standard InChI is InChI=1S/C15H19N3O/c1-3-8-19-15-9-14(17-11-18-15)16-10-13-7-5-4-6-12(13)2/h4-7,9,11H,3,8,10H2,1-2H3,(H,16,17,18). The van der Waals surface area contributed by atoms with Crippen LogP contribution in [-0.2, 0) is 6.54 Å². The third kappa shape index (κ3) is 3.95. The summed E-state index contributed by atoms with van der Waals surface area (Å²) in [5.41, 5.74) is 2.53. The lowest BCUT2D eigenvalue weighted by Gasteiger charge is -2.09. The zero-order valence-corrected chi connectivity index (χ0v) is 11.4. The number of hydrogen-bond donors (Lipinski definition) is 1. The summed E-state index contributed by atoms with van der Waals surface area (Å²) >= 11 is 0. The van der Waals surface area contributed by atoms with Gasteiger partial charge in [-0.15, -0.1) is 0 Å². The number of ether oxygens (including phenoxy) is 1. The van der Waals surface area contributed by atoms with Crippen molar-refractivity contribution in [2.24, 2.45) is 0 Å². The van der Waals surface area contributed by atoms with Crippen molar-refractivity contribution in [2.45, 2.75) is 26.8 Å². The normalized spacial score (nSPS) is 10.2. The highest BCUT2D eigenvalue weighted by atomic mass is 16.5. The molecule has 0 aliphatic heterocycles. The highest BCUT2D eigenvalue weighted by Crippen LogP contribution is 2.13. The van der Waals surface area contributed by atoms with E-state index in [4.69, 9.17) is 4.74 Å². The number of benzene rings is 1. The smallest absolute Gasteiger partial charge is 0.218 e. The number of hydrogen-bond acceptors (Lipinski definition) is 4. The maximum absolute atomic E-state index is 5.48. The molecule has 0 bridgehead atoms. The third-order valence-corrected chi connectivity index (χ3v) is 2.82. The second-order valence-electron chi connectivity index (χ2n) is 4.37. The molecule has 1 N–H and O–H groups in total. The zero-order chi connectivity index (χ0) is 13.5. The van der Waals surface area contributed by atoms with Crippen molar-refractivity contribution in [3.63, 3.8) is 0 Å². The molecule has 0 amide bonds. The molecular formula is C15H19N3O. The maximum atomic E-state index is 5.48. The molecule has 100 valence electrons. The van der Waals surface area contributed by atoms with Gasteiger partial charge in [0, 0.05) is 12.6 Å². The molecule has 19 heavy (non-hydrogen) atoms. The number of anilines is 1. The lowest BCUT2D eigenvalue weighted by Crippen LogP contribution is -2.04. The highest BCUT2D eigenvalue weighted by Gasteiger charge is 2.01. The topological polar surface area (TPSA) is 47.0 Å². The molecule has 1 heterocycles.